The first kappa shape index (κ1) is 16.4. The molecular weight excluding hydrogens is 294 g/mol. The minimum Gasteiger partial charge on any atom is -0.497 e. The largest absolute Gasteiger partial charge is 0.497 e. The number of amides is 1. The van der Waals surface area contributed by atoms with Crippen LogP contribution in [0.5, 0.6) is 17.2 Å². The molecule has 0 saturated carbocycles. The van der Waals surface area contributed by atoms with Crippen molar-refractivity contribution in [3.8, 4) is 17.2 Å². The molecular formula is C18H19NO4. The second-order valence-electron chi connectivity index (χ2n) is 4.64. The summed E-state index contributed by atoms with van der Waals surface area (Å²) in [7, 11) is 3.11. The Morgan fingerprint density at radius 1 is 1.09 bits per heavy atom. The number of carbonyl (C=O) groups excluding carboxylic acids is 1. The Hall–Kier alpha value is -2.95. The van der Waals surface area contributed by atoms with Gasteiger partial charge in [0.15, 0.2) is 0 Å². The van der Waals surface area contributed by atoms with Gasteiger partial charge in [-0.15, -0.1) is 0 Å². The number of carbonyl (C=O) groups is 1. The Bertz CT molecular complexity index is 680. The molecule has 0 atom stereocenters. The third kappa shape index (κ3) is 4.26. The van der Waals surface area contributed by atoms with Crippen LogP contribution in [0.4, 0.5) is 5.69 Å². The Balaban J connectivity index is 2.13. The molecule has 0 heterocycles. The topological polar surface area (TPSA) is 56.8 Å². The summed E-state index contributed by atoms with van der Waals surface area (Å²) in [6, 6.07) is 12.1. The summed E-state index contributed by atoms with van der Waals surface area (Å²) in [5, 5.41) is 2.81. The first-order valence-electron chi connectivity index (χ1n) is 7.05. The van der Waals surface area contributed by atoms with Crippen LogP contribution in [-0.4, -0.2) is 26.7 Å². The average molecular weight is 313 g/mol. The second-order valence-corrected chi connectivity index (χ2v) is 4.64. The van der Waals surface area contributed by atoms with Crippen LogP contribution in [0, 0.1) is 0 Å². The molecule has 0 bridgehead atoms. The summed E-state index contributed by atoms with van der Waals surface area (Å²) < 4.78 is 15.8. The summed E-state index contributed by atoms with van der Waals surface area (Å²) in [6.45, 7) is 4.01. The van der Waals surface area contributed by atoms with Crippen molar-refractivity contribution in [1.29, 1.82) is 0 Å². The number of hydrogen-bond donors (Lipinski definition) is 1. The highest BCUT2D eigenvalue weighted by Crippen LogP contribution is 2.29. The van der Waals surface area contributed by atoms with Crippen LogP contribution < -0.4 is 19.5 Å². The molecule has 5 nitrogen and oxygen atoms in total. The third-order valence-electron chi connectivity index (χ3n) is 3.14. The number of rotatable bonds is 7. The summed E-state index contributed by atoms with van der Waals surface area (Å²) in [4.78, 5) is 12.3. The molecule has 0 aliphatic heterocycles. The van der Waals surface area contributed by atoms with Gasteiger partial charge >= 0.3 is 0 Å². The molecule has 2 rings (SSSR count). The summed E-state index contributed by atoms with van der Waals surface area (Å²) in [5.41, 5.74) is 1.06. The Labute approximate surface area is 135 Å². The highest BCUT2D eigenvalue weighted by atomic mass is 16.5. The Kier molecular flexibility index (Phi) is 5.63. The maximum atomic E-state index is 12.3. The molecule has 2 aromatic carbocycles. The molecule has 5 heteroatoms. The molecule has 0 spiro atoms. The van der Waals surface area contributed by atoms with Crippen molar-refractivity contribution in [3.05, 3.63) is 60.7 Å². The van der Waals surface area contributed by atoms with Gasteiger partial charge in [0.1, 0.15) is 23.9 Å². The van der Waals surface area contributed by atoms with Crippen LogP contribution in [0.2, 0.25) is 0 Å². The zero-order valence-corrected chi connectivity index (χ0v) is 13.2. The maximum absolute atomic E-state index is 12.3. The number of hydrogen-bond acceptors (Lipinski definition) is 4. The molecule has 23 heavy (non-hydrogen) atoms. The van der Waals surface area contributed by atoms with E-state index in [1.54, 1.807) is 62.8 Å². The fourth-order valence-electron chi connectivity index (χ4n) is 1.96. The Morgan fingerprint density at radius 2 is 1.78 bits per heavy atom. The lowest BCUT2D eigenvalue weighted by molar-refractivity contribution is 0.102. The highest BCUT2D eigenvalue weighted by Gasteiger charge is 2.11. The molecule has 1 amide bonds. The van der Waals surface area contributed by atoms with Gasteiger partial charge in [-0.3, -0.25) is 4.79 Å². The third-order valence-corrected chi connectivity index (χ3v) is 3.14. The monoisotopic (exact) mass is 313 g/mol. The number of anilines is 1. The summed E-state index contributed by atoms with van der Waals surface area (Å²) >= 11 is 0. The van der Waals surface area contributed by atoms with Crippen molar-refractivity contribution in [2.45, 2.75) is 0 Å². The van der Waals surface area contributed by atoms with Crippen molar-refractivity contribution in [1.82, 2.24) is 0 Å². The van der Waals surface area contributed by atoms with E-state index in [2.05, 4.69) is 11.9 Å². The van der Waals surface area contributed by atoms with Gasteiger partial charge in [0.05, 0.1) is 19.9 Å². The van der Waals surface area contributed by atoms with Crippen LogP contribution in [0.25, 0.3) is 0 Å². The lowest BCUT2D eigenvalue weighted by Crippen LogP contribution is -2.12. The summed E-state index contributed by atoms with van der Waals surface area (Å²) in [6.07, 6.45) is 1.66. The van der Waals surface area contributed by atoms with E-state index in [1.807, 2.05) is 0 Å². The van der Waals surface area contributed by atoms with Crippen LogP contribution in [-0.2, 0) is 0 Å². The van der Waals surface area contributed by atoms with E-state index in [1.165, 1.54) is 0 Å². The van der Waals surface area contributed by atoms with Crippen molar-refractivity contribution < 1.29 is 19.0 Å². The Morgan fingerprint density at radius 3 is 2.39 bits per heavy atom. The molecule has 0 aliphatic carbocycles. The van der Waals surface area contributed by atoms with E-state index in [-0.39, 0.29) is 5.91 Å². The van der Waals surface area contributed by atoms with Gasteiger partial charge in [-0.05, 0) is 36.4 Å². The lowest BCUT2D eigenvalue weighted by Gasteiger charge is -2.12. The molecule has 1 N–H and O–H groups in total. The number of ether oxygens (including phenoxy) is 3. The standard InChI is InChI=1S/C18H19NO4/c1-4-11-23-14-7-5-13(6-8-14)18(20)19-16-12-15(21-2)9-10-17(16)22-3/h4-10,12H,1,11H2,2-3H3,(H,19,20). The fraction of sp³-hybridized carbons (Fsp3) is 0.167. The van der Waals surface area contributed by atoms with Gasteiger partial charge < -0.3 is 19.5 Å². The van der Waals surface area contributed by atoms with Crippen molar-refractivity contribution in [2.24, 2.45) is 0 Å². The number of nitrogens with one attached hydrogen (secondary N) is 1. The van der Waals surface area contributed by atoms with E-state index >= 15 is 0 Å². The van der Waals surface area contributed by atoms with E-state index in [9.17, 15) is 4.79 Å². The first-order chi connectivity index (χ1) is 11.2. The van der Waals surface area contributed by atoms with Crippen LogP contribution in [0.15, 0.2) is 55.1 Å². The molecule has 0 radical (unpaired) electrons. The average Bonchev–Trinajstić information content (AvgIpc) is 2.60. The van der Waals surface area contributed by atoms with E-state index < -0.39 is 0 Å². The molecule has 0 fully saturated rings. The highest BCUT2D eigenvalue weighted by molar-refractivity contribution is 6.05. The minimum absolute atomic E-state index is 0.244. The van der Waals surface area contributed by atoms with Crippen molar-refractivity contribution in [3.63, 3.8) is 0 Å². The van der Waals surface area contributed by atoms with Crippen LogP contribution in [0.1, 0.15) is 10.4 Å². The number of methoxy groups -OCH3 is 2. The van der Waals surface area contributed by atoms with Gasteiger partial charge in [-0.25, -0.2) is 0 Å². The zero-order valence-electron chi connectivity index (χ0n) is 13.2. The van der Waals surface area contributed by atoms with Crippen LogP contribution in [0.3, 0.4) is 0 Å². The van der Waals surface area contributed by atoms with Crippen molar-refractivity contribution >= 4 is 11.6 Å². The predicted molar refractivity (Wildman–Crippen MR) is 89.6 cm³/mol. The lowest BCUT2D eigenvalue weighted by atomic mass is 10.2. The molecule has 2 aromatic rings. The predicted octanol–water partition coefficient (Wildman–Crippen LogP) is 3.52. The second kappa shape index (κ2) is 7.89. The van der Waals surface area contributed by atoms with Gasteiger partial charge in [0.2, 0.25) is 0 Å². The van der Waals surface area contributed by atoms with Gasteiger partial charge in [-0.2, -0.15) is 0 Å². The quantitative estimate of drug-likeness (QED) is 0.795. The maximum Gasteiger partial charge on any atom is 0.255 e. The zero-order chi connectivity index (χ0) is 16.7. The first-order valence-corrected chi connectivity index (χ1v) is 7.05. The van der Waals surface area contributed by atoms with Gasteiger partial charge in [0, 0.05) is 11.6 Å². The smallest absolute Gasteiger partial charge is 0.255 e. The molecule has 0 saturated heterocycles. The number of benzene rings is 2. The van der Waals surface area contributed by atoms with Gasteiger partial charge in [0.25, 0.3) is 5.91 Å². The van der Waals surface area contributed by atoms with E-state index in [0.29, 0.717) is 35.1 Å². The SMILES string of the molecule is C=CCOc1ccc(C(=O)Nc2cc(OC)ccc2OC)cc1. The summed E-state index contributed by atoms with van der Waals surface area (Å²) in [5.74, 6) is 1.63. The molecule has 0 aromatic heterocycles. The minimum atomic E-state index is -0.244. The van der Waals surface area contributed by atoms with E-state index in [0.717, 1.165) is 0 Å². The normalized spacial score (nSPS) is 9.83. The molecule has 0 unspecified atom stereocenters. The van der Waals surface area contributed by atoms with Crippen LogP contribution >= 0.6 is 0 Å². The van der Waals surface area contributed by atoms with Crippen molar-refractivity contribution in [2.75, 3.05) is 26.1 Å². The fourth-order valence-corrected chi connectivity index (χ4v) is 1.96. The van der Waals surface area contributed by atoms with Gasteiger partial charge in [-0.1, -0.05) is 12.7 Å². The molecule has 0 aliphatic rings. The van der Waals surface area contributed by atoms with E-state index in [4.69, 9.17) is 14.2 Å². The molecule has 120 valence electrons.